The van der Waals surface area contributed by atoms with Gasteiger partial charge < -0.3 is 10.2 Å². The number of imidazole rings is 1. The SMILES string of the molecule is Cc1nc2ccccn2c1C(=O)Nc1ccc2c(c1)N(C(=O)C1CC1)CC2. The molecule has 0 spiro atoms. The largest absolute Gasteiger partial charge is 0.321 e. The summed E-state index contributed by atoms with van der Waals surface area (Å²) in [6, 6.07) is 11.5. The van der Waals surface area contributed by atoms with Crippen molar-refractivity contribution in [2.45, 2.75) is 26.2 Å². The summed E-state index contributed by atoms with van der Waals surface area (Å²) in [7, 11) is 0. The van der Waals surface area contributed by atoms with Crippen LogP contribution in [0.25, 0.3) is 5.65 Å². The van der Waals surface area contributed by atoms with Gasteiger partial charge in [-0.2, -0.15) is 0 Å². The molecule has 0 atom stereocenters. The lowest BCUT2D eigenvalue weighted by Gasteiger charge is -2.18. The highest BCUT2D eigenvalue weighted by atomic mass is 16.2. The molecule has 1 aromatic carbocycles. The molecule has 5 rings (SSSR count). The summed E-state index contributed by atoms with van der Waals surface area (Å²) in [6.07, 6.45) is 4.70. The molecule has 1 aliphatic heterocycles. The van der Waals surface area contributed by atoms with Gasteiger partial charge in [0.05, 0.1) is 5.69 Å². The number of carbonyl (C=O) groups is 2. The zero-order valence-electron chi connectivity index (χ0n) is 15.1. The molecule has 3 aromatic rings. The lowest BCUT2D eigenvalue weighted by molar-refractivity contribution is -0.119. The van der Waals surface area contributed by atoms with Gasteiger partial charge in [-0.15, -0.1) is 0 Å². The van der Waals surface area contributed by atoms with Crippen LogP contribution in [0.5, 0.6) is 0 Å². The van der Waals surface area contributed by atoms with Gasteiger partial charge >= 0.3 is 0 Å². The number of nitrogens with one attached hydrogen (secondary N) is 1. The van der Waals surface area contributed by atoms with Crippen LogP contribution in [0, 0.1) is 12.8 Å². The third-order valence-electron chi connectivity index (χ3n) is 5.35. The van der Waals surface area contributed by atoms with Crippen molar-refractivity contribution in [2.24, 2.45) is 5.92 Å². The van der Waals surface area contributed by atoms with E-state index in [9.17, 15) is 9.59 Å². The van der Waals surface area contributed by atoms with Gasteiger partial charge in [0.2, 0.25) is 5.91 Å². The average Bonchev–Trinajstić information content (AvgIpc) is 3.34. The van der Waals surface area contributed by atoms with Crippen LogP contribution in [-0.2, 0) is 11.2 Å². The molecular weight excluding hydrogens is 340 g/mol. The minimum Gasteiger partial charge on any atom is -0.321 e. The molecule has 1 aliphatic carbocycles. The maximum absolute atomic E-state index is 12.9. The van der Waals surface area contributed by atoms with E-state index in [0.29, 0.717) is 17.1 Å². The summed E-state index contributed by atoms with van der Waals surface area (Å²) in [4.78, 5) is 31.7. The molecule has 27 heavy (non-hydrogen) atoms. The summed E-state index contributed by atoms with van der Waals surface area (Å²) in [6.45, 7) is 2.56. The third-order valence-corrected chi connectivity index (χ3v) is 5.35. The van der Waals surface area contributed by atoms with Crippen molar-refractivity contribution in [2.75, 3.05) is 16.8 Å². The van der Waals surface area contributed by atoms with Crippen molar-refractivity contribution in [1.82, 2.24) is 9.38 Å². The number of pyridine rings is 1. The zero-order chi connectivity index (χ0) is 18.5. The van der Waals surface area contributed by atoms with Gasteiger partial charge in [-0.3, -0.25) is 14.0 Å². The van der Waals surface area contributed by atoms with Crippen LogP contribution in [0.4, 0.5) is 11.4 Å². The van der Waals surface area contributed by atoms with E-state index < -0.39 is 0 Å². The molecule has 1 fully saturated rings. The Hall–Kier alpha value is -3.15. The van der Waals surface area contributed by atoms with E-state index in [1.54, 1.807) is 4.40 Å². The Bertz CT molecular complexity index is 1080. The fourth-order valence-electron chi connectivity index (χ4n) is 3.81. The van der Waals surface area contributed by atoms with E-state index in [4.69, 9.17) is 0 Å². The Morgan fingerprint density at radius 1 is 1.19 bits per heavy atom. The number of aromatic nitrogens is 2. The second kappa shape index (κ2) is 5.94. The highest BCUT2D eigenvalue weighted by Crippen LogP contribution is 2.37. The average molecular weight is 360 g/mol. The number of carbonyl (C=O) groups excluding carboxylic acids is 2. The van der Waals surface area contributed by atoms with E-state index in [2.05, 4.69) is 10.3 Å². The highest BCUT2D eigenvalue weighted by Gasteiger charge is 2.36. The fourth-order valence-corrected chi connectivity index (χ4v) is 3.81. The minimum absolute atomic E-state index is 0.190. The van der Waals surface area contributed by atoms with Gasteiger partial charge in [0.25, 0.3) is 5.91 Å². The van der Waals surface area contributed by atoms with Crippen molar-refractivity contribution in [3.05, 3.63) is 59.5 Å². The van der Waals surface area contributed by atoms with Gasteiger partial charge in [0.15, 0.2) is 0 Å². The van der Waals surface area contributed by atoms with E-state index in [-0.39, 0.29) is 17.7 Å². The summed E-state index contributed by atoms with van der Waals surface area (Å²) in [5.41, 5.74) is 4.74. The molecule has 6 heteroatoms. The predicted molar refractivity (Wildman–Crippen MR) is 103 cm³/mol. The van der Waals surface area contributed by atoms with E-state index in [1.165, 1.54) is 0 Å². The molecule has 3 heterocycles. The molecule has 0 radical (unpaired) electrons. The second-order valence-corrected chi connectivity index (χ2v) is 7.29. The molecule has 2 aliphatic rings. The molecular formula is C21H20N4O2. The van der Waals surface area contributed by atoms with Gasteiger partial charge in [-0.05, 0) is 56.0 Å². The van der Waals surface area contributed by atoms with Crippen LogP contribution in [0.1, 0.15) is 34.6 Å². The number of anilines is 2. The molecule has 6 nitrogen and oxygen atoms in total. The Labute approximate surface area is 156 Å². The van der Waals surface area contributed by atoms with Crippen molar-refractivity contribution in [3.63, 3.8) is 0 Å². The number of amides is 2. The van der Waals surface area contributed by atoms with Crippen LogP contribution < -0.4 is 10.2 Å². The number of rotatable bonds is 3. The van der Waals surface area contributed by atoms with E-state index >= 15 is 0 Å². The smallest absolute Gasteiger partial charge is 0.274 e. The molecule has 1 saturated carbocycles. The summed E-state index contributed by atoms with van der Waals surface area (Å²) >= 11 is 0. The first kappa shape index (κ1) is 16.1. The molecule has 136 valence electrons. The van der Waals surface area contributed by atoms with Crippen LogP contribution in [0.15, 0.2) is 42.6 Å². The van der Waals surface area contributed by atoms with Gasteiger partial charge in [0.1, 0.15) is 11.3 Å². The number of hydrogen-bond acceptors (Lipinski definition) is 3. The zero-order valence-corrected chi connectivity index (χ0v) is 15.1. The van der Waals surface area contributed by atoms with Crippen LogP contribution in [-0.4, -0.2) is 27.7 Å². The Balaban J connectivity index is 1.44. The first-order chi connectivity index (χ1) is 13.1. The Kier molecular flexibility index (Phi) is 3.53. The third kappa shape index (κ3) is 2.68. The highest BCUT2D eigenvalue weighted by molar-refractivity contribution is 6.05. The van der Waals surface area contributed by atoms with Crippen molar-refractivity contribution in [1.29, 1.82) is 0 Å². The van der Waals surface area contributed by atoms with Crippen LogP contribution in [0.2, 0.25) is 0 Å². The standard InChI is InChI=1S/C21H20N4O2/c1-13-19(25-10-3-2-4-18(25)22-13)20(26)23-16-8-7-14-9-11-24(17(14)12-16)21(27)15-5-6-15/h2-4,7-8,10,12,15H,5-6,9,11H2,1H3,(H,23,26). The molecule has 0 saturated heterocycles. The topological polar surface area (TPSA) is 66.7 Å². The Morgan fingerprint density at radius 2 is 2.04 bits per heavy atom. The van der Waals surface area contributed by atoms with E-state index in [0.717, 1.165) is 42.7 Å². The number of fused-ring (bicyclic) bond motifs is 2. The first-order valence-electron chi connectivity index (χ1n) is 9.31. The Morgan fingerprint density at radius 3 is 2.85 bits per heavy atom. The number of hydrogen-bond donors (Lipinski definition) is 1. The van der Waals surface area contributed by atoms with Crippen molar-refractivity contribution >= 4 is 28.8 Å². The maximum Gasteiger partial charge on any atom is 0.274 e. The summed E-state index contributed by atoms with van der Waals surface area (Å²) in [5.74, 6) is 0.203. The molecule has 2 amide bonds. The van der Waals surface area contributed by atoms with Crippen molar-refractivity contribution < 1.29 is 9.59 Å². The van der Waals surface area contributed by atoms with Crippen LogP contribution in [0.3, 0.4) is 0 Å². The van der Waals surface area contributed by atoms with Crippen molar-refractivity contribution in [3.8, 4) is 0 Å². The summed E-state index contributed by atoms with van der Waals surface area (Å²) < 4.78 is 1.79. The van der Waals surface area contributed by atoms with Crippen LogP contribution >= 0.6 is 0 Å². The van der Waals surface area contributed by atoms with E-state index in [1.807, 2.05) is 54.4 Å². The van der Waals surface area contributed by atoms with Gasteiger partial charge in [-0.25, -0.2) is 4.98 Å². The second-order valence-electron chi connectivity index (χ2n) is 7.29. The number of nitrogens with zero attached hydrogens (tertiary/aromatic N) is 3. The lowest BCUT2D eigenvalue weighted by atomic mass is 10.1. The van der Waals surface area contributed by atoms with Gasteiger partial charge in [0, 0.05) is 30.0 Å². The maximum atomic E-state index is 12.9. The normalized spacial score (nSPS) is 15.8. The molecule has 2 aromatic heterocycles. The fraction of sp³-hybridized carbons (Fsp3) is 0.286. The first-order valence-corrected chi connectivity index (χ1v) is 9.31. The molecule has 0 bridgehead atoms. The lowest BCUT2D eigenvalue weighted by Crippen LogP contribution is -2.30. The number of aryl methyl sites for hydroxylation is 1. The number of benzene rings is 1. The summed E-state index contributed by atoms with van der Waals surface area (Å²) in [5, 5.41) is 2.97. The monoisotopic (exact) mass is 360 g/mol. The van der Waals surface area contributed by atoms with Gasteiger partial charge in [-0.1, -0.05) is 12.1 Å². The predicted octanol–water partition coefficient (Wildman–Crippen LogP) is 3.19. The quantitative estimate of drug-likeness (QED) is 0.780. The molecule has 0 unspecified atom stereocenters. The minimum atomic E-state index is -0.204. The molecule has 1 N–H and O–H groups in total.